The van der Waals surface area contributed by atoms with Crippen LogP contribution in [0.2, 0.25) is 0 Å². The van der Waals surface area contributed by atoms with Crippen LogP contribution < -0.4 is 0 Å². The third kappa shape index (κ3) is 2.44. The van der Waals surface area contributed by atoms with E-state index in [1.807, 2.05) is 0 Å². The summed E-state index contributed by atoms with van der Waals surface area (Å²) in [6.45, 7) is 0.455. The van der Waals surface area contributed by atoms with Gasteiger partial charge in [-0.15, -0.1) is 0 Å². The third-order valence-corrected chi connectivity index (χ3v) is 3.14. The second kappa shape index (κ2) is 5.24. The topological polar surface area (TPSA) is 83.8 Å². The number of rotatable bonds is 3. The summed E-state index contributed by atoms with van der Waals surface area (Å²) in [5, 5.41) is 10.6. The van der Waals surface area contributed by atoms with Crippen LogP contribution >= 0.6 is 0 Å². The fraction of sp³-hybridized carbons (Fsp3) is 0.333. The van der Waals surface area contributed by atoms with E-state index >= 15 is 0 Å². The van der Waals surface area contributed by atoms with Crippen LogP contribution in [0.5, 0.6) is 0 Å². The van der Waals surface area contributed by atoms with Gasteiger partial charge in [-0.2, -0.15) is 4.39 Å². The van der Waals surface area contributed by atoms with E-state index in [9.17, 15) is 24.1 Å². The van der Waals surface area contributed by atoms with Gasteiger partial charge in [0, 0.05) is 38.3 Å². The number of benzene rings is 1. The summed E-state index contributed by atoms with van der Waals surface area (Å²) in [6.07, 6.45) is 0. The molecule has 0 saturated carbocycles. The number of nitro groups is 1. The van der Waals surface area contributed by atoms with E-state index in [4.69, 9.17) is 0 Å². The molecule has 106 valence electrons. The number of nitrogens with zero attached hydrogens (tertiary/aromatic N) is 3. The van der Waals surface area contributed by atoms with Gasteiger partial charge in [-0.25, -0.2) is 0 Å². The minimum absolute atomic E-state index is 0.0184. The number of nitro benzene ring substituents is 1. The Morgan fingerprint density at radius 3 is 2.65 bits per heavy atom. The molecular formula is C12H12FN3O4. The second-order valence-corrected chi connectivity index (χ2v) is 4.46. The molecule has 1 fully saturated rings. The Morgan fingerprint density at radius 1 is 1.30 bits per heavy atom. The van der Waals surface area contributed by atoms with Crippen LogP contribution in [0.25, 0.3) is 0 Å². The Hall–Kier alpha value is -2.51. The van der Waals surface area contributed by atoms with Crippen LogP contribution in [0.1, 0.15) is 5.56 Å². The van der Waals surface area contributed by atoms with Gasteiger partial charge < -0.3 is 9.80 Å². The first-order valence-corrected chi connectivity index (χ1v) is 5.88. The Morgan fingerprint density at radius 2 is 2.00 bits per heavy atom. The first kappa shape index (κ1) is 13.9. The average Bonchev–Trinajstić information content (AvgIpc) is 2.41. The zero-order valence-corrected chi connectivity index (χ0v) is 10.7. The molecule has 0 bridgehead atoms. The molecule has 0 unspecified atom stereocenters. The summed E-state index contributed by atoms with van der Waals surface area (Å²) < 4.78 is 13.9. The molecule has 2 rings (SSSR count). The van der Waals surface area contributed by atoms with Crippen LogP contribution in [-0.4, -0.2) is 46.7 Å². The smallest absolute Gasteiger partial charge is 0.312 e. The monoisotopic (exact) mass is 281 g/mol. The van der Waals surface area contributed by atoms with Crippen molar-refractivity contribution < 1.29 is 18.9 Å². The van der Waals surface area contributed by atoms with Crippen LogP contribution in [0.15, 0.2) is 18.2 Å². The maximum absolute atomic E-state index is 13.9. The van der Waals surface area contributed by atoms with Gasteiger partial charge in [-0.05, 0) is 0 Å². The summed E-state index contributed by atoms with van der Waals surface area (Å²) in [5.41, 5.74) is -0.625. The lowest BCUT2D eigenvalue weighted by molar-refractivity contribution is -0.387. The number of piperazine rings is 1. The van der Waals surface area contributed by atoms with Gasteiger partial charge in [0.1, 0.15) is 0 Å². The van der Waals surface area contributed by atoms with E-state index in [0.717, 1.165) is 6.07 Å². The highest BCUT2D eigenvalue weighted by atomic mass is 19.1. The summed E-state index contributed by atoms with van der Waals surface area (Å²) in [7, 11) is 1.51. The van der Waals surface area contributed by atoms with E-state index in [1.165, 1.54) is 29.0 Å². The van der Waals surface area contributed by atoms with Crippen molar-refractivity contribution in [1.82, 2.24) is 9.80 Å². The molecule has 20 heavy (non-hydrogen) atoms. The Labute approximate surface area is 113 Å². The van der Waals surface area contributed by atoms with Crippen LogP contribution in [0.4, 0.5) is 10.1 Å². The van der Waals surface area contributed by atoms with Crippen molar-refractivity contribution in [3.05, 3.63) is 39.7 Å². The van der Waals surface area contributed by atoms with Gasteiger partial charge in [-0.3, -0.25) is 19.7 Å². The third-order valence-electron chi connectivity index (χ3n) is 3.14. The van der Waals surface area contributed by atoms with E-state index in [2.05, 4.69) is 0 Å². The molecule has 8 heteroatoms. The minimum atomic E-state index is -0.975. The molecule has 7 nitrogen and oxygen atoms in total. The molecule has 1 aromatic carbocycles. The normalized spacial score (nSPS) is 15.7. The average molecular weight is 281 g/mol. The zero-order valence-electron chi connectivity index (χ0n) is 10.7. The van der Waals surface area contributed by atoms with Gasteiger partial charge >= 0.3 is 17.5 Å². The standard InChI is InChI=1S/C12H12FN3O4/c1-14-5-6-15(12(18)11(14)17)7-8-3-2-4-9(10(8)13)16(19)20/h2-4H,5-7H2,1H3. The molecular weight excluding hydrogens is 269 g/mol. The predicted molar refractivity (Wildman–Crippen MR) is 66.1 cm³/mol. The van der Waals surface area contributed by atoms with Gasteiger partial charge in [0.25, 0.3) is 0 Å². The SMILES string of the molecule is CN1CCN(Cc2cccc([N+](=O)[O-])c2F)C(=O)C1=O. The Kier molecular flexibility index (Phi) is 3.64. The molecule has 0 aliphatic carbocycles. The highest BCUT2D eigenvalue weighted by Gasteiger charge is 2.31. The quantitative estimate of drug-likeness (QED) is 0.459. The predicted octanol–water partition coefficient (Wildman–Crippen LogP) is 0.534. The van der Waals surface area contributed by atoms with Crippen molar-refractivity contribution in [2.75, 3.05) is 20.1 Å². The number of likely N-dealkylation sites (N-methyl/N-ethyl adjacent to an activating group) is 1. The molecule has 0 atom stereocenters. The number of hydrogen-bond acceptors (Lipinski definition) is 4. The molecule has 0 radical (unpaired) electrons. The van der Waals surface area contributed by atoms with Gasteiger partial charge in [-0.1, -0.05) is 12.1 Å². The van der Waals surface area contributed by atoms with Crippen molar-refractivity contribution in [2.45, 2.75) is 6.54 Å². The molecule has 1 aromatic rings. The highest BCUT2D eigenvalue weighted by Crippen LogP contribution is 2.22. The summed E-state index contributed by atoms with van der Waals surface area (Å²) in [6, 6.07) is 3.76. The van der Waals surface area contributed by atoms with Crippen molar-refractivity contribution >= 4 is 17.5 Å². The number of carbonyl (C=O) groups is 2. The lowest BCUT2D eigenvalue weighted by Crippen LogP contribution is -2.52. The summed E-state index contributed by atoms with van der Waals surface area (Å²) in [5.74, 6) is -2.37. The lowest BCUT2D eigenvalue weighted by Gasteiger charge is -2.31. The summed E-state index contributed by atoms with van der Waals surface area (Å²) in [4.78, 5) is 35.6. The largest absolute Gasteiger partial charge is 0.336 e. The van der Waals surface area contributed by atoms with Gasteiger partial charge in [0.2, 0.25) is 5.82 Å². The van der Waals surface area contributed by atoms with Crippen molar-refractivity contribution in [3.8, 4) is 0 Å². The van der Waals surface area contributed by atoms with Crippen LogP contribution in [0.3, 0.4) is 0 Å². The molecule has 1 aliphatic rings. The zero-order chi connectivity index (χ0) is 14.9. The van der Waals surface area contributed by atoms with Gasteiger partial charge in [0.05, 0.1) is 4.92 Å². The molecule has 0 spiro atoms. The van der Waals surface area contributed by atoms with Crippen LogP contribution in [0, 0.1) is 15.9 Å². The van der Waals surface area contributed by atoms with E-state index in [-0.39, 0.29) is 18.7 Å². The second-order valence-electron chi connectivity index (χ2n) is 4.46. The Bertz CT molecular complexity index is 590. The van der Waals surface area contributed by atoms with E-state index < -0.39 is 28.2 Å². The first-order valence-electron chi connectivity index (χ1n) is 5.88. The molecule has 0 N–H and O–H groups in total. The Balaban J connectivity index is 2.23. The number of amides is 2. The molecule has 1 aliphatic heterocycles. The molecule has 1 heterocycles. The van der Waals surface area contributed by atoms with E-state index in [1.54, 1.807) is 0 Å². The van der Waals surface area contributed by atoms with Crippen LogP contribution in [-0.2, 0) is 16.1 Å². The van der Waals surface area contributed by atoms with Crippen molar-refractivity contribution in [3.63, 3.8) is 0 Å². The number of hydrogen-bond donors (Lipinski definition) is 0. The fourth-order valence-electron chi connectivity index (χ4n) is 1.96. The fourth-order valence-corrected chi connectivity index (χ4v) is 1.96. The minimum Gasteiger partial charge on any atom is -0.336 e. The van der Waals surface area contributed by atoms with Crippen molar-refractivity contribution in [2.24, 2.45) is 0 Å². The maximum atomic E-state index is 13.9. The molecule has 0 aromatic heterocycles. The van der Waals surface area contributed by atoms with Crippen molar-refractivity contribution in [1.29, 1.82) is 0 Å². The maximum Gasteiger partial charge on any atom is 0.312 e. The molecule has 2 amide bonds. The highest BCUT2D eigenvalue weighted by molar-refractivity contribution is 6.35. The van der Waals surface area contributed by atoms with E-state index in [0.29, 0.717) is 6.54 Å². The molecule has 1 saturated heterocycles. The lowest BCUT2D eigenvalue weighted by atomic mass is 10.1. The summed E-state index contributed by atoms with van der Waals surface area (Å²) >= 11 is 0. The number of carbonyl (C=O) groups excluding carboxylic acids is 2. The number of halogens is 1. The first-order chi connectivity index (χ1) is 9.41. The van der Waals surface area contributed by atoms with Gasteiger partial charge in [0.15, 0.2) is 0 Å².